The van der Waals surface area contributed by atoms with Gasteiger partial charge < -0.3 is 16.0 Å². The van der Waals surface area contributed by atoms with E-state index in [1.165, 1.54) is 0 Å². The number of halogens is 1. The highest BCUT2D eigenvalue weighted by Crippen LogP contribution is 2.10. The molecule has 1 aromatic rings. The van der Waals surface area contributed by atoms with Crippen LogP contribution in [0.1, 0.15) is 16.9 Å². The fourth-order valence-corrected chi connectivity index (χ4v) is 1.86. The molecule has 0 saturated heterocycles. The van der Waals surface area contributed by atoms with Crippen LogP contribution in [0, 0.1) is 0 Å². The molecule has 1 aliphatic rings. The van der Waals surface area contributed by atoms with Crippen molar-refractivity contribution in [1.29, 1.82) is 0 Å². The average Bonchev–Trinajstić information content (AvgIpc) is 2.91. The van der Waals surface area contributed by atoms with Crippen molar-refractivity contribution >= 4 is 33.7 Å². The van der Waals surface area contributed by atoms with Gasteiger partial charge in [0.25, 0.3) is 11.8 Å². The third-order valence-electron chi connectivity index (χ3n) is 2.38. The van der Waals surface area contributed by atoms with Gasteiger partial charge in [-0.15, -0.1) is 0 Å². The van der Waals surface area contributed by atoms with E-state index >= 15 is 0 Å². The number of nitrogens with one attached hydrogen (secondary N) is 3. The number of nitrogens with zero attached hydrogens (tertiary/aromatic N) is 1. The Bertz CT molecular complexity index is 575. The number of carbonyl (C=O) groups is 2. The molecule has 1 aliphatic heterocycles. The molecule has 2 heterocycles. The molecule has 0 spiro atoms. The van der Waals surface area contributed by atoms with Crippen molar-refractivity contribution < 1.29 is 9.59 Å². The van der Waals surface area contributed by atoms with Crippen molar-refractivity contribution in [3.8, 4) is 0 Å². The minimum absolute atomic E-state index is 0.0940. The number of guanidine groups is 1. The van der Waals surface area contributed by atoms with Crippen molar-refractivity contribution in [3.05, 3.63) is 34.2 Å². The molecule has 7 nitrogen and oxygen atoms in total. The number of rotatable bonds is 4. The molecule has 0 aromatic carbocycles. The summed E-state index contributed by atoms with van der Waals surface area (Å²) in [4.78, 5) is 29.6. The number of carbonyl (C=O) groups excluding carboxylic acids is 2. The third kappa shape index (κ3) is 3.44. The normalized spacial score (nSPS) is 16.4. The highest BCUT2D eigenvalue weighted by molar-refractivity contribution is 9.10. The Labute approximate surface area is 117 Å². The number of amides is 2. The van der Waals surface area contributed by atoms with Gasteiger partial charge in [0, 0.05) is 17.2 Å². The van der Waals surface area contributed by atoms with Crippen LogP contribution in [-0.2, 0) is 4.79 Å². The Morgan fingerprint density at radius 3 is 2.95 bits per heavy atom. The van der Waals surface area contributed by atoms with Gasteiger partial charge in [0.05, 0.1) is 0 Å². The summed E-state index contributed by atoms with van der Waals surface area (Å²) in [6.45, 7) is 0.404. The topological polar surface area (TPSA) is 112 Å². The van der Waals surface area contributed by atoms with Crippen molar-refractivity contribution in [2.75, 3.05) is 6.54 Å². The fourth-order valence-electron chi connectivity index (χ4n) is 1.52. The van der Waals surface area contributed by atoms with Crippen LogP contribution in [0.25, 0.3) is 0 Å². The number of aromatic amines is 1. The van der Waals surface area contributed by atoms with Crippen LogP contribution in [-0.4, -0.2) is 29.3 Å². The Balaban J connectivity index is 1.80. The van der Waals surface area contributed by atoms with E-state index in [1.54, 1.807) is 18.3 Å². The average molecular weight is 326 g/mol. The van der Waals surface area contributed by atoms with Crippen LogP contribution in [0.15, 0.2) is 33.5 Å². The van der Waals surface area contributed by atoms with E-state index in [9.17, 15) is 9.59 Å². The number of H-pyrrole nitrogens is 1. The summed E-state index contributed by atoms with van der Waals surface area (Å²) in [7, 11) is 0. The van der Waals surface area contributed by atoms with Crippen molar-refractivity contribution in [1.82, 2.24) is 15.6 Å². The summed E-state index contributed by atoms with van der Waals surface area (Å²) in [5, 5.41) is 5.08. The molecule has 1 aromatic heterocycles. The molecule has 0 unspecified atom stereocenters. The fraction of sp³-hybridized carbons (Fsp3) is 0.182. The number of nitrogens with two attached hydrogens (primary N) is 1. The standard InChI is InChI=1S/C11H12BrN5O2/c12-6-4-8(15-5-6)9(18)14-3-1-2-7-10(19)17-11(13)16-7/h2,4-5,15H,1,3H2,(H,14,18)(H3,13,16,17,19)/b7-2-. The zero-order chi connectivity index (χ0) is 13.8. The van der Waals surface area contributed by atoms with Gasteiger partial charge in [-0.25, -0.2) is 4.99 Å². The first-order valence-electron chi connectivity index (χ1n) is 5.54. The monoisotopic (exact) mass is 325 g/mol. The second-order valence-electron chi connectivity index (χ2n) is 3.82. The number of hydrogen-bond acceptors (Lipinski definition) is 4. The highest BCUT2D eigenvalue weighted by atomic mass is 79.9. The lowest BCUT2D eigenvalue weighted by molar-refractivity contribution is -0.115. The molecule has 8 heteroatoms. The molecule has 5 N–H and O–H groups in total. The summed E-state index contributed by atoms with van der Waals surface area (Å²) in [6, 6.07) is 1.68. The molecule has 0 aliphatic carbocycles. The minimum Gasteiger partial charge on any atom is -0.369 e. The molecule has 0 bridgehead atoms. The predicted molar refractivity (Wildman–Crippen MR) is 73.3 cm³/mol. The van der Waals surface area contributed by atoms with E-state index in [-0.39, 0.29) is 23.5 Å². The summed E-state index contributed by atoms with van der Waals surface area (Å²) in [5.41, 5.74) is 6.09. The van der Waals surface area contributed by atoms with Gasteiger partial charge in [0.1, 0.15) is 11.4 Å². The van der Waals surface area contributed by atoms with Gasteiger partial charge in [-0.3, -0.25) is 14.9 Å². The minimum atomic E-state index is -0.322. The first-order valence-corrected chi connectivity index (χ1v) is 6.33. The molecule has 0 atom stereocenters. The first-order chi connectivity index (χ1) is 9.06. The molecule has 0 saturated carbocycles. The molecule has 100 valence electrons. The number of aliphatic imine (C=N–C) groups is 1. The van der Waals surface area contributed by atoms with Crippen LogP contribution in [0.4, 0.5) is 0 Å². The molecule has 0 radical (unpaired) electrons. The Morgan fingerprint density at radius 2 is 2.37 bits per heavy atom. The zero-order valence-electron chi connectivity index (χ0n) is 9.87. The van der Waals surface area contributed by atoms with E-state index in [4.69, 9.17) is 5.73 Å². The van der Waals surface area contributed by atoms with E-state index in [0.29, 0.717) is 18.7 Å². The van der Waals surface area contributed by atoms with E-state index in [1.807, 2.05) is 0 Å². The van der Waals surface area contributed by atoms with Gasteiger partial charge in [0.2, 0.25) is 5.96 Å². The van der Waals surface area contributed by atoms with E-state index in [2.05, 4.69) is 36.5 Å². The maximum absolute atomic E-state index is 11.7. The lowest BCUT2D eigenvalue weighted by Gasteiger charge is -2.00. The molecular weight excluding hydrogens is 314 g/mol. The Hall–Kier alpha value is -2.09. The summed E-state index contributed by atoms with van der Waals surface area (Å²) < 4.78 is 0.812. The van der Waals surface area contributed by atoms with Gasteiger partial charge >= 0.3 is 0 Å². The van der Waals surface area contributed by atoms with Crippen LogP contribution < -0.4 is 16.4 Å². The Kier molecular flexibility index (Phi) is 4.00. The van der Waals surface area contributed by atoms with Gasteiger partial charge in [-0.1, -0.05) is 6.08 Å². The number of aromatic nitrogens is 1. The second-order valence-corrected chi connectivity index (χ2v) is 4.73. The van der Waals surface area contributed by atoms with Crippen molar-refractivity contribution in [2.24, 2.45) is 10.7 Å². The third-order valence-corrected chi connectivity index (χ3v) is 2.83. The van der Waals surface area contributed by atoms with E-state index in [0.717, 1.165) is 4.47 Å². The SMILES string of the molecule is NC1=N/C(=C\CCNC(=O)c2cc(Br)c[nH]2)C(=O)N1. The zero-order valence-corrected chi connectivity index (χ0v) is 11.5. The predicted octanol–water partition coefficient (Wildman–Crippen LogP) is 0.225. The first kappa shape index (κ1) is 13.3. The van der Waals surface area contributed by atoms with Gasteiger partial charge in [0.15, 0.2) is 0 Å². The van der Waals surface area contributed by atoms with Crippen LogP contribution >= 0.6 is 15.9 Å². The second kappa shape index (κ2) is 5.70. The van der Waals surface area contributed by atoms with Crippen LogP contribution in [0.2, 0.25) is 0 Å². The van der Waals surface area contributed by atoms with Crippen LogP contribution in [0.3, 0.4) is 0 Å². The quantitative estimate of drug-likeness (QED) is 0.469. The lowest BCUT2D eigenvalue weighted by atomic mass is 10.3. The maximum Gasteiger partial charge on any atom is 0.276 e. The number of hydrogen-bond donors (Lipinski definition) is 4. The lowest BCUT2D eigenvalue weighted by Crippen LogP contribution is -2.30. The molecule has 19 heavy (non-hydrogen) atoms. The summed E-state index contributed by atoms with van der Waals surface area (Å²) in [6.07, 6.45) is 3.80. The molecular formula is C11H12BrN5O2. The van der Waals surface area contributed by atoms with Crippen molar-refractivity contribution in [2.45, 2.75) is 6.42 Å². The summed E-state index contributed by atoms with van der Waals surface area (Å²) >= 11 is 3.25. The molecule has 0 fully saturated rings. The smallest absolute Gasteiger partial charge is 0.276 e. The molecule has 2 rings (SSSR count). The maximum atomic E-state index is 11.7. The Morgan fingerprint density at radius 1 is 1.58 bits per heavy atom. The van der Waals surface area contributed by atoms with Gasteiger partial charge in [-0.05, 0) is 28.4 Å². The van der Waals surface area contributed by atoms with Crippen LogP contribution in [0.5, 0.6) is 0 Å². The van der Waals surface area contributed by atoms with Crippen molar-refractivity contribution in [3.63, 3.8) is 0 Å². The van der Waals surface area contributed by atoms with Gasteiger partial charge in [-0.2, -0.15) is 0 Å². The summed E-state index contributed by atoms with van der Waals surface area (Å²) in [5.74, 6) is -0.434. The molecule has 2 amide bonds. The highest BCUT2D eigenvalue weighted by Gasteiger charge is 2.16. The van der Waals surface area contributed by atoms with E-state index < -0.39 is 0 Å². The largest absolute Gasteiger partial charge is 0.369 e.